The van der Waals surface area contributed by atoms with Crippen molar-refractivity contribution in [3.05, 3.63) is 29.6 Å². The van der Waals surface area contributed by atoms with Gasteiger partial charge < -0.3 is 16.0 Å². The fourth-order valence-electron chi connectivity index (χ4n) is 1.89. The molecule has 3 amide bonds. The first-order valence-electron chi connectivity index (χ1n) is 5.78. The van der Waals surface area contributed by atoms with Gasteiger partial charge >= 0.3 is 0 Å². The standard InChI is InChI=1S/C12H14N4O3/c1-16-6-8(4-10(16)17)15-12(19)9-3-2-7(5-14-9)11(13)18/h2-3,5,8H,4,6H2,1H3,(H2,13,18)(H,15,19). The second-order valence-corrected chi connectivity index (χ2v) is 4.45. The first kappa shape index (κ1) is 13.0. The lowest BCUT2D eigenvalue weighted by Gasteiger charge is -2.11. The fourth-order valence-corrected chi connectivity index (χ4v) is 1.89. The molecule has 0 aromatic carbocycles. The summed E-state index contributed by atoms with van der Waals surface area (Å²) in [6.45, 7) is 0.490. The van der Waals surface area contributed by atoms with Crippen LogP contribution in [-0.4, -0.2) is 47.2 Å². The lowest BCUT2D eigenvalue weighted by atomic mass is 10.2. The van der Waals surface area contributed by atoms with Crippen LogP contribution in [0.15, 0.2) is 18.3 Å². The van der Waals surface area contributed by atoms with Gasteiger partial charge in [0.2, 0.25) is 11.8 Å². The normalized spacial score (nSPS) is 18.5. The van der Waals surface area contributed by atoms with Gasteiger partial charge in [0.05, 0.1) is 11.6 Å². The van der Waals surface area contributed by atoms with E-state index in [9.17, 15) is 14.4 Å². The number of primary amides is 1. The van der Waals surface area contributed by atoms with Crippen molar-refractivity contribution >= 4 is 17.7 Å². The largest absolute Gasteiger partial charge is 0.366 e. The molecule has 0 bridgehead atoms. The van der Waals surface area contributed by atoms with E-state index in [1.54, 1.807) is 11.9 Å². The molecule has 2 heterocycles. The van der Waals surface area contributed by atoms with Crippen LogP contribution in [0, 0.1) is 0 Å². The Morgan fingerprint density at radius 2 is 2.21 bits per heavy atom. The topological polar surface area (TPSA) is 105 Å². The molecule has 3 N–H and O–H groups in total. The van der Waals surface area contributed by atoms with E-state index in [4.69, 9.17) is 5.73 Å². The molecule has 19 heavy (non-hydrogen) atoms. The SMILES string of the molecule is CN1CC(NC(=O)c2ccc(C(N)=O)cn2)CC1=O. The Balaban J connectivity index is 2.00. The molecular formula is C12H14N4O3. The highest BCUT2D eigenvalue weighted by molar-refractivity contribution is 5.95. The second kappa shape index (κ2) is 5.05. The zero-order valence-corrected chi connectivity index (χ0v) is 10.4. The number of nitrogens with two attached hydrogens (primary N) is 1. The van der Waals surface area contributed by atoms with Crippen LogP contribution in [0.25, 0.3) is 0 Å². The number of nitrogens with zero attached hydrogens (tertiary/aromatic N) is 2. The number of nitrogens with one attached hydrogen (secondary N) is 1. The van der Waals surface area contributed by atoms with Crippen LogP contribution in [-0.2, 0) is 4.79 Å². The van der Waals surface area contributed by atoms with Crippen LogP contribution in [0.3, 0.4) is 0 Å². The van der Waals surface area contributed by atoms with Crippen molar-refractivity contribution in [2.75, 3.05) is 13.6 Å². The Bertz CT molecular complexity index is 526. The highest BCUT2D eigenvalue weighted by atomic mass is 16.2. The molecular weight excluding hydrogens is 248 g/mol. The molecule has 1 fully saturated rings. The van der Waals surface area contributed by atoms with Crippen molar-refractivity contribution in [1.29, 1.82) is 0 Å². The zero-order chi connectivity index (χ0) is 14.0. The molecule has 1 aliphatic heterocycles. The molecule has 0 radical (unpaired) electrons. The number of hydrogen-bond acceptors (Lipinski definition) is 4. The number of carbonyl (C=O) groups excluding carboxylic acids is 3. The lowest BCUT2D eigenvalue weighted by Crippen LogP contribution is -2.36. The average Bonchev–Trinajstić information content (AvgIpc) is 2.68. The lowest BCUT2D eigenvalue weighted by molar-refractivity contribution is -0.126. The van der Waals surface area contributed by atoms with Crippen LogP contribution in [0.5, 0.6) is 0 Å². The van der Waals surface area contributed by atoms with Crippen LogP contribution < -0.4 is 11.1 Å². The quantitative estimate of drug-likeness (QED) is 0.739. The van der Waals surface area contributed by atoms with Gasteiger partial charge in [-0.1, -0.05) is 0 Å². The summed E-state index contributed by atoms with van der Waals surface area (Å²) in [4.78, 5) is 39.5. The summed E-state index contributed by atoms with van der Waals surface area (Å²) < 4.78 is 0. The summed E-state index contributed by atoms with van der Waals surface area (Å²) in [5.41, 5.74) is 5.51. The predicted octanol–water partition coefficient (Wildman–Crippen LogP) is -0.859. The number of likely N-dealkylation sites (N-methyl/N-ethyl adjacent to an activating group) is 1. The highest BCUT2D eigenvalue weighted by Gasteiger charge is 2.28. The number of carbonyl (C=O) groups is 3. The van der Waals surface area contributed by atoms with Crippen LogP contribution in [0.4, 0.5) is 0 Å². The van der Waals surface area contributed by atoms with Crippen molar-refractivity contribution < 1.29 is 14.4 Å². The molecule has 2 rings (SSSR count). The first-order valence-corrected chi connectivity index (χ1v) is 5.78. The van der Waals surface area contributed by atoms with Crippen molar-refractivity contribution in [2.24, 2.45) is 5.73 Å². The highest BCUT2D eigenvalue weighted by Crippen LogP contribution is 2.09. The van der Waals surface area contributed by atoms with Gasteiger partial charge in [-0.25, -0.2) is 0 Å². The van der Waals surface area contributed by atoms with Gasteiger partial charge in [-0.05, 0) is 12.1 Å². The molecule has 0 saturated carbocycles. The predicted molar refractivity (Wildman–Crippen MR) is 66.3 cm³/mol. The minimum absolute atomic E-state index is 0.00216. The molecule has 7 nitrogen and oxygen atoms in total. The monoisotopic (exact) mass is 262 g/mol. The summed E-state index contributed by atoms with van der Waals surface area (Å²) in [7, 11) is 1.69. The first-order chi connectivity index (χ1) is 8.97. The molecule has 1 saturated heterocycles. The summed E-state index contributed by atoms with van der Waals surface area (Å²) in [5.74, 6) is -0.964. The van der Waals surface area contributed by atoms with E-state index in [2.05, 4.69) is 10.3 Å². The Morgan fingerprint density at radius 3 is 2.68 bits per heavy atom. The molecule has 1 atom stereocenters. The van der Waals surface area contributed by atoms with Gasteiger partial charge in [-0.15, -0.1) is 0 Å². The molecule has 7 heteroatoms. The molecule has 1 aromatic rings. The van der Waals surface area contributed by atoms with Gasteiger partial charge in [-0.2, -0.15) is 0 Å². The van der Waals surface area contributed by atoms with E-state index >= 15 is 0 Å². The number of aromatic nitrogens is 1. The van der Waals surface area contributed by atoms with Crippen LogP contribution in [0.2, 0.25) is 0 Å². The molecule has 1 aliphatic rings. The van der Waals surface area contributed by atoms with Gasteiger partial charge in [-0.3, -0.25) is 19.4 Å². The summed E-state index contributed by atoms with van der Waals surface area (Å²) in [5, 5.41) is 2.72. The van der Waals surface area contributed by atoms with Gasteiger partial charge in [0.1, 0.15) is 5.69 Å². The zero-order valence-electron chi connectivity index (χ0n) is 10.4. The van der Waals surface area contributed by atoms with Gasteiger partial charge in [0.15, 0.2) is 0 Å². The fraction of sp³-hybridized carbons (Fsp3) is 0.333. The van der Waals surface area contributed by atoms with E-state index in [1.165, 1.54) is 18.3 Å². The van der Waals surface area contributed by atoms with Crippen LogP contribution >= 0.6 is 0 Å². The van der Waals surface area contributed by atoms with Gasteiger partial charge in [0, 0.05) is 26.2 Å². The Kier molecular flexibility index (Phi) is 3.46. The smallest absolute Gasteiger partial charge is 0.270 e. The number of rotatable bonds is 3. The van der Waals surface area contributed by atoms with Crippen LogP contribution in [0.1, 0.15) is 27.3 Å². The Labute approximate surface area is 109 Å². The maximum Gasteiger partial charge on any atom is 0.270 e. The summed E-state index contributed by atoms with van der Waals surface area (Å²) in [6, 6.07) is 2.66. The van der Waals surface area contributed by atoms with E-state index in [0.29, 0.717) is 13.0 Å². The van der Waals surface area contributed by atoms with Crippen molar-refractivity contribution in [3.8, 4) is 0 Å². The number of amides is 3. The molecule has 1 unspecified atom stereocenters. The minimum Gasteiger partial charge on any atom is -0.366 e. The third-order valence-corrected chi connectivity index (χ3v) is 2.96. The van der Waals surface area contributed by atoms with Crippen molar-refractivity contribution in [2.45, 2.75) is 12.5 Å². The molecule has 1 aromatic heterocycles. The maximum atomic E-state index is 11.9. The number of likely N-dealkylation sites (tertiary alicyclic amines) is 1. The second-order valence-electron chi connectivity index (χ2n) is 4.45. The molecule has 0 aliphatic carbocycles. The van der Waals surface area contributed by atoms with E-state index in [0.717, 1.165) is 0 Å². The third-order valence-electron chi connectivity index (χ3n) is 2.96. The Hall–Kier alpha value is -2.44. The van der Waals surface area contributed by atoms with Gasteiger partial charge in [0.25, 0.3) is 5.91 Å². The number of hydrogen-bond donors (Lipinski definition) is 2. The summed E-state index contributed by atoms with van der Waals surface area (Å²) in [6.07, 6.45) is 1.55. The minimum atomic E-state index is -0.595. The summed E-state index contributed by atoms with van der Waals surface area (Å²) >= 11 is 0. The Morgan fingerprint density at radius 1 is 1.47 bits per heavy atom. The molecule has 0 spiro atoms. The molecule has 100 valence electrons. The number of pyridine rings is 1. The third kappa shape index (κ3) is 2.87. The van der Waals surface area contributed by atoms with E-state index in [-0.39, 0.29) is 29.1 Å². The van der Waals surface area contributed by atoms with E-state index in [1.807, 2.05) is 0 Å². The van der Waals surface area contributed by atoms with Crippen molar-refractivity contribution in [1.82, 2.24) is 15.2 Å². The van der Waals surface area contributed by atoms with Crippen molar-refractivity contribution in [3.63, 3.8) is 0 Å². The maximum absolute atomic E-state index is 11.9. The average molecular weight is 262 g/mol. The van der Waals surface area contributed by atoms with E-state index < -0.39 is 5.91 Å².